The van der Waals surface area contributed by atoms with Crippen molar-refractivity contribution in [2.45, 2.75) is 19.4 Å². The molecule has 1 fully saturated rings. The third kappa shape index (κ3) is 3.78. The topological polar surface area (TPSA) is 47.0 Å². The summed E-state index contributed by atoms with van der Waals surface area (Å²) >= 11 is 6.47. The van der Waals surface area contributed by atoms with Crippen LogP contribution in [0.15, 0.2) is 41.5 Å². The molecule has 0 aliphatic carbocycles. The van der Waals surface area contributed by atoms with Crippen LogP contribution in [0, 0.1) is 6.92 Å². The van der Waals surface area contributed by atoms with E-state index in [1.165, 1.54) is 0 Å². The summed E-state index contributed by atoms with van der Waals surface area (Å²) in [7, 11) is 1.97. The summed E-state index contributed by atoms with van der Waals surface area (Å²) in [6.07, 6.45) is 3.50. The molecule has 3 rings (SSSR count). The molecule has 1 aliphatic heterocycles. The fourth-order valence-corrected chi connectivity index (χ4v) is 2.88. The Bertz CT molecular complexity index is 761. The molecule has 1 aliphatic rings. The molecule has 1 aromatic carbocycles. The number of hydrogen-bond donors (Lipinski definition) is 0. The zero-order chi connectivity index (χ0) is 17.9. The molecule has 2 heterocycles. The molecule has 0 atom stereocenters. The van der Waals surface area contributed by atoms with Crippen molar-refractivity contribution in [2.75, 3.05) is 26.8 Å². The minimum Gasteiger partial charge on any atom is -0.461 e. The van der Waals surface area contributed by atoms with Gasteiger partial charge in [-0.3, -0.25) is 0 Å². The fourth-order valence-electron chi connectivity index (χ4n) is 2.66. The second kappa shape index (κ2) is 7.42. The lowest BCUT2D eigenvalue weighted by molar-refractivity contribution is -0.169. The van der Waals surface area contributed by atoms with E-state index in [2.05, 4.69) is 16.9 Å². The number of ether oxygens (including phenoxy) is 2. The number of pyridine rings is 1. The van der Waals surface area contributed by atoms with Crippen LogP contribution in [0.1, 0.15) is 18.1 Å². The molecule has 0 saturated carbocycles. The molecule has 0 spiro atoms. The second-order valence-electron chi connectivity index (χ2n) is 6.19. The average Bonchev–Trinajstić information content (AvgIpc) is 2.59. The minimum absolute atomic E-state index is 0.474. The van der Waals surface area contributed by atoms with Gasteiger partial charge in [0.05, 0.1) is 30.3 Å². The predicted molar refractivity (Wildman–Crippen MR) is 100 cm³/mol. The number of aliphatic imine (C=N–C) groups is 1. The van der Waals surface area contributed by atoms with Crippen molar-refractivity contribution in [3.05, 3.63) is 52.7 Å². The zero-order valence-electron chi connectivity index (χ0n) is 14.7. The standard InChI is InChI=1S/C19H22ClN3O2/c1-4-23(3)13-22-17-9-14(2)15(10-16(17)20)19(11-24-12-19)25-18-7-5-6-8-21-18/h5-10,13H,4,11-12H2,1-3H3. The fraction of sp³-hybridized carbons (Fsp3) is 0.368. The molecule has 0 bridgehead atoms. The van der Waals surface area contributed by atoms with E-state index < -0.39 is 5.60 Å². The SMILES string of the molecule is CCN(C)C=Nc1cc(C)c(C2(Oc3ccccn3)COC2)cc1Cl. The van der Waals surface area contributed by atoms with Gasteiger partial charge in [-0.1, -0.05) is 17.7 Å². The monoisotopic (exact) mass is 359 g/mol. The smallest absolute Gasteiger partial charge is 0.214 e. The largest absolute Gasteiger partial charge is 0.461 e. The summed E-state index contributed by atoms with van der Waals surface area (Å²) in [5, 5.41) is 0.595. The summed E-state index contributed by atoms with van der Waals surface area (Å²) in [6, 6.07) is 9.52. The lowest BCUT2D eigenvalue weighted by atomic mass is 9.88. The van der Waals surface area contributed by atoms with Crippen LogP contribution in [0.3, 0.4) is 0 Å². The number of aromatic nitrogens is 1. The van der Waals surface area contributed by atoms with Crippen molar-refractivity contribution in [1.29, 1.82) is 0 Å². The maximum absolute atomic E-state index is 6.47. The Kier molecular flexibility index (Phi) is 5.25. The Hall–Kier alpha value is -2.11. The third-order valence-corrected chi connectivity index (χ3v) is 4.59. The Labute approximate surface area is 153 Å². The molecule has 1 aromatic heterocycles. The van der Waals surface area contributed by atoms with Crippen LogP contribution in [-0.2, 0) is 10.3 Å². The Morgan fingerprint density at radius 1 is 1.40 bits per heavy atom. The van der Waals surface area contributed by atoms with Crippen LogP contribution < -0.4 is 4.74 Å². The van der Waals surface area contributed by atoms with Gasteiger partial charge in [-0.05, 0) is 37.6 Å². The van der Waals surface area contributed by atoms with Crippen LogP contribution in [0.25, 0.3) is 0 Å². The highest BCUT2D eigenvalue weighted by Gasteiger charge is 2.44. The van der Waals surface area contributed by atoms with E-state index in [-0.39, 0.29) is 0 Å². The van der Waals surface area contributed by atoms with Gasteiger partial charge in [0.25, 0.3) is 0 Å². The van der Waals surface area contributed by atoms with Crippen LogP contribution in [-0.4, -0.2) is 43.0 Å². The van der Waals surface area contributed by atoms with E-state index >= 15 is 0 Å². The van der Waals surface area contributed by atoms with Gasteiger partial charge in [-0.25, -0.2) is 9.98 Å². The number of rotatable bonds is 6. The van der Waals surface area contributed by atoms with Gasteiger partial charge in [0.15, 0.2) is 5.60 Å². The molecular weight excluding hydrogens is 338 g/mol. The van der Waals surface area contributed by atoms with Crippen LogP contribution in [0.4, 0.5) is 5.69 Å². The lowest BCUT2D eigenvalue weighted by Gasteiger charge is -2.42. The van der Waals surface area contributed by atoms with E-state index in [1.807, 2.05) is 49.2 Å². The van der Waals surface area contributed by atoms with Gasteiger partial charge in [-0.15, -0.1) is 0 Å². The number of benzene rings is 1. The molecule has 0 amide bonds. The van der Waals surface area contributed by atoms with E-state index in [0.717, 1.165) is 23.4 Å². The summed E-state index contributed by atoms with van der Waals surface area (Å²) in [5.74, 6) is 0.577. The number of hydrogen-bond acceptors (Lipinski definition) is 4. The highest BCUT2D eigenvalue weighted by molar-refractivity contribution is 6.33. The van der Waals surface area contributed by atoms with Crippen molar-refractivity contribution in [2.24, 2.45) is 4.99 Å². The van der Waals surface area contributed by atoms with E-state index in [4.69, 9.17) is 21.1 Å². The number of nitrogens with zero attached hydrogens (tertiary/aromatic N) is 3. The molecule has 25 heavy (non-hydrogen) atoms. The van der Waals surface area contributed by atoms with Gasteiger partial charge < -0.3 is 14.4 Å². The number of halogens is 1. The van der Waals surface area contributed by atoms with Crippen molar-refractivity contribution in [3.8, 4) is 5.88 Å². The third-order valence-electron chi connectivity index (χ3n) is 4.29. The van der Waals surface area contributed by atoms with Crippen molar-refractivity contribution < 1.29 is 9.47 Å². The molecule has 0 N–H and O–H groups in total. The summed E-state index contributed by atoms with van der Waals surface area (Å²) in [4.78, 5) is 10.7. The molecular formula is C19H22ClN3O2. The highest BCUT2D eigenvalue weighted by atomic mass is 35.5. The van der Waals surface area contributed by atoms with Crippen molar-refractivity contribution in [3.63, 3.8) is 0 Å². The van der Waals surface area contributed by atoms with E-state index in [0.29, 0.717) is 24.1 Å². The second-order valence-corrected chi connectivity index (χ2v) is 6.60. The summed E-state index contributed by atoms with van der Waals surface area (Å²) in [6.45, 7) is 5.94. The molecule has 1 saturated heterocycles. The molecule has 2 aromatic rings. The quantitative estimate of drug-likeness (QED) is 0.578. The summed E-state index contributed by atoms with van der Waals surface area (Å²) < 4.78 is 11.6. The van der Waals surface area contributed by atoms with E-state index in [9.17, 15) is 0 Å². The molecule has 6 heteroatoms. The maximum Gasteiger partial charge on any atom is 0.214 e. The van der Waals surface area contributed by atoms with Gasteiger partial charge >= 0.3 is 0 Å². The molecule has 5 nitrogen and oxygen atoms in total. The van der Waals surface area contributed by atoms with Crippen LogP contribution in [0.2, 0.25) is 5.02 Å². The summed E-state index contributed by atoms with van der Waals surface area (Å²) in [5.41, 5.74) is 2.27. The normalized spacial score (nSPS) is 15.8. The number of aryl methyl sites for hydroxylation is 1. The van der Waals surface area contributed by atoms with Crippen LogP contribution >= 0.6 is 11.6 Å². The van der Waals surface area contributed by atoms with Crippen molar-refractivity contribution in [1.82, 2.24) is 9.88 Å². The lowest BCUT2D eigenvalue weighted by Crippen LogP contribution is -2.52. The Morgan fingerprint density at radius 2 is 2.20 bits per heavy atom. The first-order chi connectivity index (χ1) is 12.0. The Morgan fingerprint density at radius 3 is 2.80 bits per heavy atom. The Balaban J connectivity index is 1.91. The first-order valence-corrected chi connectivity index (χ1v) is 8.65. The maximum atomic E-state index is 6.47. The first-order valence-electron chi connectivity index (χ1n) is 8.27. The van der Waals surface area contributed by atoms with E-state index in [1.54, 1.807) is 12.5 Å². The van der Waals surface area contributed by atoms with Gasteiger partial charge in [0.2, 0.25) is 5.88 Å². The highest BCUT2D eigenvalue weighted by Crippen LogP contribution is 2.40. The van der Waals surface area contributed by atoms with Gasteiger partial charge in [0, 0.05) is 31.4 Å². The first kappa shape index (κ1) is 17.7. The average molecular weight is 360 g/mol. The van der Waals surface area contributed by atoms with Gasteiger partial charge in [-0.2, -0.15) is 0 Å². The minimum atomic E-state index is -0.551. The molecule has 0 unspecified atom stereocenters. The van der Waals surface area contributed by atoms with Gasteiger partial charge in [0.1, 0.15) is 0 Å². The molecule has 132 valence electrons. The van der Waals surface area contributed by atoms with Crippen molar-refractivity contribution >= 4 is 23.6 Å². The zero-order valence-corrected chi connectivity index (χ0v) is 15.5. The molecule has 0 radical (unpaired) electrons. The predicted octanol–water partition coefficient (Wildman–Crippen LogP) is 3.96. The van der Waals surface area contributed by atoms with Crippen LogP contribution in [0.5, 0.6) is 5.88 Å².